The zero-order valence-electron chi connectivity index (χ0n) is 22.1. The van der Waals surface area contributed by atoms with Gasteiger partial charge in [-0.25, -0.2) is 14.3 Å². The lowest BCUT2D eigenvalue weighted by Crippen LogP contribution is -2.49. The van der Waals surface area contributed by atoms with Crippen molar-refractivity contribution >= 4 is 57.5 Å². The molecule has 1 unspecified atom stereocenters. The van der Waals surface area contributed by atoms with Crippen LogP contribution in [0.5, 0.6) is 0 Å². The fraction of sp³-hybridized carbons (Fsp3) is 0.233. The summed E-state index contributed by atoms with van der Waals surface area (Å²) in [6.45, 7) is 2.56. The fourth-order valence-electron chi connectivity index (χ4n) is 5.06. The van der Waals surface area contributed by atoms with Gasteiger partial charge in [-0.2, -0.15) is 0 Å². The molecule has 11 heteroatoms. The molecule has 0 spiro atoms. The highest BCUT2D eigenvalue weighted by Crippen LogP contribution is 2.34. The molecule has 0 aliphatic carbocycles. The van der Waals surface area contributed by atoms with Crippen LogP contribution in [0.1, 0.15) is 12.0 Å². The van der Waals surface area contributed by atoms with Gasteiger partial charge in [0.05, 0.1) is 23.5 Å². The molecule has 0 saturated carbocycles. The van der Waals surface area contributed by atoms with Crippen LogP contribution in [-0.4, -0.2) is 76.5 Å². The second kappa shape index (κ2) is 11.5. The van der Waals surface area contributed by atoms with Crippen LogP contribution in [-0.2, 0) is 14.4 Å². The van der Waals surface area contributed by atoms with Gasteiger partial charge in [0.25, 0.3) is 5.91 Å². The molecule has 3 amide bonds. The van der Waals surface area contributed by atoms with E-state index in [0.29, 0.717) is 48.4 Å². The van der Waals surface area contributed by atoms with Crippen LogP contribution in [0.25, 0.3) is 0 Å². The van der Waals surface area contributed by atoms with E-state index >= 15 is 0 Å². The van der Waals surface area contributed by atoms with E-state index in [9.17, 15) is 18.8 Å². The number of aliphatic imine (C=N–C) groups is 2. The molecule has 41 heavy (non-hydrogen) atoms. The Morgan fingerprint density at radius 2 is 1.63 bits per heavy atom. The average molecular weight is 571 g/mol. The number of nitrogens with zero attached hydrogens (tertiary/aromatic N) is 5. The monoisotopic (exact) mass is 570 g/mol. The van der Waals surface area contributed by atoms with Crippen LogP contribution in [0.2, 0.25) is 0 Å². The zero-order valence-corrected chi connectivity index (χ0v) is 22.9. The predicted molar refractivity (Wildman–Crippen MR) is 158 cm³/mol. The number of rotatable bonds is 6. The summed E-state index contributed by atoms with van der Waals surface area (Å²) in [5, 5.41) is 2.84. The normalized spacial score (nSPS) is 17.9. The molecule has 0 aromatic heterocycles. The van der Waals surface area contributed by atoms with Gasteiger partial charge >= 0.3 is 0 Å². The topological polar surface area (TPSA) is 97.7 Å². The second-order valence-electron chi connectivity index (χ2n) is 9.78. The number of hydrogen-bond acceptors (Lipinski definition) is 7. The Kier molecular flexibility index (Phi) is 7.51. The Balaban J connectivity index is 1.13. The van der Waals surface area contributed by atoms with Gasteiger partial charge in [-0.15, -0.1) is 0 Å². The number of fused-ring (bicyclic) bond motifs is 3. The van der Waals surface area contributed by atoms with Gasteiger partial charge in [0.2, 0.25) is 11.8 Å². The number of para-hydroxylation sites is 3. The molecular formula is C30H27FN6O3S. The van der Waals surface area contributed by atoms with Gasteiger partial charge in [0.1, 0.15) is 17.7 Å². The number of halogens is 1. The van der Waals surface area contributed by atoms with Crippen molar-refractivity contribution in [3.8, 4) is 0 Å². The first-order chi connectivity index (χ1) is 20.0. The summed E-state index contributed by atoms with van der Waals surface area (Å²) in [5.74, 6) is -1.12. The maximum atomic E-state index is 14.0. The minimum absolute atomic E-state index is 0.0436. The van der Waals surface area contributed by atoms with Crippen molar-refractivity contribution < 1.29 is 18.8 Å². The molecule has 1 N–H and O–H groups in total. The largest absolute Gasteiger partial charge is 0.368 e. The highest BCUT2D eigenvalue weighted by Gasteiger charge is 2.42. The standard InChI is InChI=1S/C30H27FN6O3S/c31-22-11-5-7-13-24(22)32-26(38)19-41-30-34-23-12-6-4-10-21(23)28-33-25(29(40)37(28)30)18-27(39)36-16-14-35(15-17-36)20-8-2-1-3-9-20/h1-13,25H,14-19H2,(H,32,38). The van der Waals surface area contributed by atoms with Gasteiger partial charge in [0, 0.05) is 37.4 Å². The summed E-state index contributed by atoms with van der Waals surface area (Å²) in [6, 6.07) is 22.4. The summed E-state index contributed by atoms with van der Waals surface area (Å²) in [6.07, 6.45) is -0.0436. The van der Waals surface area contributed by atoms with E-state index in [2.05, 4.69) is 32.3 Å². The van der Waals surface area contributed by atoms with Crippen LogP contribution in [0.15, 0.2) is 88.8 Å². The van der Waals surface area contributed by atoms with E-state index in [4.69, 9.17) is 0 Å². The van der Waals surface area contributed by atoms with Crippen molar-refractivity contribution in [3.63, 3.8) is 0 Å². The Hall–Kier alpha value is -4.51. The van der Waals surface area contributed by atoms with Crippen LogP contribution in [0, 0.1) is 5.82 Å². The average Bonchev–Trinajstić information content (AvgIpc) is 3.33. The van der Waals surface area contributed by atoms with E-state index in [1.807, 2.05) is 42.5 Å². The van der Waals surface area contributed by atoms with Gasteiger partial charge in [-0.05, 0) is 36.4 Å². The smallest absolute Gasteiger partial charge is 0.259 e. The van der Waals surface area contributed by atoms with Crippen molar-refractivity contribution in [2.45, 2.75) is 12.5 Å². The molecule has 1 atom stereocenters. The van der Waals surface area contributed by atoms with E-state index in [0.717, 1.165) is 17.4 Å². The quantitative estimate of drug-likeness (QED) is 0.485. The third-order valence-corrected chi connectivity index (χ3v) is 8.09. The van der Waals surface area contributed by atoms with Crippen LogP contribution in [0.3, 0.4) is 0 Å². The Morgan fingerprint density at radius 3 is 2.41 bits per heavy atom. The minimum Gasteiger partial charge on any atom is -0.368 e. The molecule has 0 bridgehead atoms. The Bertz CT molecular complexity index is 1550. The molecule has 3 aliphatic rings. The van der Waals surface area contributed by atoms with Crippen LogP contribution >= 0.6 is 11.8 Å². The third-order valence-electron chi connectivity index (χ3n) is 7.15. The minimum atomic E-state index is -0.881. The molecule has 3 heterocycles. The van der Waals surface area contributed by atoms with Gasteiger partial charge in [0.15, 0.2) is 5.17 Å². The number of thioether (sulfide) groups is 1. The number of amides is 3. The summed E-state index contributed by atoms with van der Waals surface area (Å²) < 4.78 is 14.0. The zero-order chi connectivity index (χ0) is 28.3. The number of nitrogens with one attached hydrogen (secondary N) is 1. The van der Waals surface area contributed by atoms with E-state index in [1.54, 1.807) is 17.0 Å². The highest BCUT2D eigenvalue weighted by atomic mass is 32.2. The fourth-order valence-corrected chi connectivity index (χ4v) is 5.86. The maximum absolute atomic E-state index is 14.0. The summed E-state index contributed by atoms with van der Waals surface area (Å²) in [4.78, 5) is 54.1. The Morgan fingerprint density at radius 1 is 0.927 bits per heavy atom. The molecule has 0 radical (unpaired) electrons. The van der Waals surface area contributed by atoms with Crippen LogP contribution in [0.4, 0.5) is 21.5 Å². The van der Waals surface area contributed by atoms with Crippen molar-refractivity contribution in [1.29, 1.82) is 0 Å². The molecule has 208 valence electrons. The SMILES string of the molecule is O=C(CSC1=Nc2ccccc2C2=NC(CC(=O)N3CCN(c4ccccc4)CC3)C(=O)N12)Nc1ccccc1F. The highest BCUT2D eigenvalue weighted by molar-refractivity contribution is 8.14. The first-order valence-electron chi connectivity index (χ1n) is 13.3. The molecule has 9 nitrogen and oxygen atoms in total. The van der Waals surface area contributed by atoms with Crippen LogP contribution < -0.4 is 10.2 Å². The molecule has 1 fully saturated rings. The van der Waals surface area contributed by atoms with Gasteiger partial charge in [-0.3, -0.25) is 19.4 Å². The number of carbonyl (C=O) groups excluding carboxylic acids is 3. The van der Waals surface area contributed by atoms with Crippen molar-refractivity contribution in [2.24, 2.45) is 9.98 Å². The number of hydrogen-bond donors (Lipinski definition) is 1. The molecule has 3 aromatic carbocycles. The second-order valence-corrected chi connectivity index (χ2v) is 10.7. The molecule has 1 saturated heterocycles. The Labute approximate surface area is 240 Å². The van der Waals surface area contributed by atoms with Crippen molar-refractivity contribution in [3.05, 3.63) is 90.2 Å². The molecular weight excluding hydrogens is 543 g/mol. The van der Waals surface area contributed by atoms with E-state index in [1.165, 1.54) is 17.0 Å². The lowest BCUT2D eigenvalue weighted by atomic mass is 10.1. The van der Waals surface area contributed by atoms with E-state index < -0.39 is 17.8 Å². The number of anilines is 2. The first-order valence-corrected chi connectivity index (χ1v) is 14.3. The third kappa shape index (κ3) is 5.58. The lowest BCUT2D eigenvalue weighted by Gasteiger charge is -2.36. The molecule has 3 aromatic rings. The molecule has 3 aliphatic heterocycles. The first kappa shape index (κ1) is 26.7. The van der Waals surface area contributed by atoms with Crippen molar-refractivity contribution in [2.75, 3.05) is 42.1 Å². The summed E-state index contributed by atoms with van der Waals surface area (Å²) in [5.41, 5.74) is 2.51. The molecule has 6 rings (SSSR count). The lowest BCUT2D eigenvalue weighted by molar-refractivity contribution is -0.135. The van der Waals surface area contributed by atoms with Gasteiger partial charge < -0.3 is 15.1 Å². The number of amidine groups is 2. The van der Waals surface area contributed by atoms with Gasteiger partial charge in [-0.1, -0.05) is 54.2 Å². The number of piperazine rings is 1. The maximum Gasteiger partial charge on any atom is 0.259 e. The number of benzene rings is 3. The predicted octanol–water partition coefficient (Wildman–Crippen LogP) is 3.90. The van der Waals surface area contributed by atoms with E-state index in [-0.39, 0.29) is 29.7 Å². The van der Waals surface area contributed by atoms with Crippen molar-refractivity contribution in [1.82, 2.24) is 9.80 Å². The summed E-state index contributed by atoms with van der Waals surface area (Å²) in [7, 11) is 0. The summed E-state index contributed by atoms with van der Waals surface area (Å²) >= 11 is 1.06. The number of carbonyl (C=O) groups is 3.